The van der Waals surface area contributed by atoms with Gasteiger partial charge in [-0.2, -0.15) is 4.98 Å². The minimum atomic E-state index is -0.426. The normalized spacial score (nSPS) is 20.6. The fourth-order valence-corrected chi connectivity index (χ4v) is 2.90. The SMILES string of the molecule is CC[C@@H]1Oc2cc([C@H](C)NCc3nc(C4CC4)no3)ccc2NC1=O. The molecule has 2 N–H and O–H groups in total. The summed E-state index contributed by atoms with van der Waals surface area (Å²) in [5, 5.41) is 10.3. The van der Waals surface area contributed by atoms with Gasteiger partial charge in [-0.05, 0) is 43.9 Å². The lowest BCUT2D eigenvalue weighted by molar-refractivity contribution is -0.123. The van der Waals surface area contributed by atoms with Gasteiger partial charge in [-0.25, -0.2) is 0 Å². The Balaban J connectivity index is 1.41. The zero-order chi connectivity index (χ0) is 17.4. The molecule has 0 bridgehead atoms. The van der Waals surface area contributed by atoms with Gasteiger partial charge in [0.1, 0.15) is 5.75 Å². The third kappa shape index (κ3) is 3.37. The summed E-state index contributed by atoms with van der Waals surface area (Å²) in [5.41, 5.74) is 1.79. The summed E-state index contributed by atoms with van der Waals surface area (Å²) in [5.74, 6) is 2.56. The van der Waals surface area contributed by atoms with Gasteiger partial charge in [-0.3, -0.25) is 4.79 Å². The molecule has 7 nitrogen and oxygen atoms in total. The number of nitrogens with zero attached hydrogens (tertiary/aromatic N) is 2. The molecule has 1 amide bonds. The van der Waals surface area contributed by atoms with Gasteiger partial charge in [0.15, 0.2) is 11.9 Å². The van der Waals surface area contributed by atoms with E-state index in [1.54, 1.807) is 0 Å². The Labute approximate surface area is 146 Å². The second-order valence-corrected chi connectivity index (χ2v) is 6.68. The molecule has 132 valence electrons. The lowest BCUT2D eigenvalue weighted by atomic mass is 10.1. The number of fused-ring (bicyclic) bond motifs is 1. The van der Waals surface area contributed by atoms with Gasteiger partial charge in [0.2, 0.25) is 5.89 Å². The van der Waals surface area contributed by atoms with E-state index in [4.69, 9.17) is 9.26 Å². The first-order valence-electron chi connectivity index (χ1n) is 8.81. The van der Waals surface area contributed by atoms with Crippen LogP contribution in [0.3, 0.4) is 0 Å². The highest BCUT2D eigenvalue weighted by molar-refractivity contribution is 5.97. The highest BCUT2D eigenvalue weighted by atomic mass is 16.5. The van der Waals surface area contributed by atoms with E-state index in [0.717, 1.165) is 29.9 Å². The molecule has 2 aliphatic rings. The van der Waals surface area contributed by atoms with Gasteiger partial charge in [-0.1, -0.05) is 18.1 Å². The van der Waals surface area contributed by atoms with Crippen molar-refractivity contribution in [1.29, 1.82) is 0 Å². The van der Waals surface area contributed by atoms with Gasteiger partial charge >= 0.3 is 0 Å². The number of anilines is 1. The third-order valence-electron chi connectivity index (χ3n) is 4.68. The van der Waals surface area contributed by atoms with Crippen molar-refractivity contribution in [3.8, 4) is 5.75 Å². The largest absolute Gasteiger partial charge is 0.478 e. The third-order valence-corrected chi connectivity index (χ3v) is 4.68. The summed E-state index contributed by atoms with van der Waals surface area (Å²) < 4.78 is 11.1. The number of rotatable bonds is 6. The van der Waals surface area contributed by atoms with Crippen LogP contribution in [0, 0.1) is 0 Å². The molecule has 25 heavy (non-hydrogen) atoms. The van der Waals surface area contributed by atoms with Crippen LogP contribution in [0.5, 0.6) is 5.75 Å². The van der Waals surface area contributed by atoms with Crippen LogP contribution in [0.15, 0.2) is 22.7 Å². The van der Waals surface area contributed by atoms with Crippen LogP contribution >= 0.6 is 0 Å². The molecule has 4 rings (SSSR count). The fourth-order valence-electron chi connectivity index (χ4n) is 2.90. The fraction of sp³-hybridized carbons (Fsp3) is 0.500. The van der Waals surface area contributed by atoms with E-state index >= 15 is 0 Å². The lowest BCUT2D eigenvalue weighted by Crippen LogP contribution is -2.36. The summed E-state index contributed by atoms with van der Waals surface area (Å²) in [7, 11) is 0. The van der Waals surface area contributed by atoms with E-state index in [0.29, 0.717) is 30.5 Å². The van der Waals surface area contributed by atoms with Crippen LogP contribution in [0.4, 0.5) is 5.69 Å². The van der Waals surface area contributed by atoms with Crippen LogP contribution < -0.4 is 15.4 Å². The van der Waals surface area contributed by atoms with Crippen molar-refractivity contribution in [2.75, 3.05) is 5.32 Å². The molecule has 0 unspecified atom stereocenters. The molecule has 1 saturated carbocycles. The monoisotopic (exact) mass is 342 g/mol. The molecule has 1 aromatic heterocycles. The van der Waals surface area contributed by atoms with Gasteiger partial charge in [0, 0.05) is 12.0 Å². The van der Waals surface area contributed by atoms with Gasteiger partial charge in [0.25, 0.3) is 5.91 Å². The Morgan fingerprint density at radius 2 is 2.24 bits per heavy atom. The lowest BCUT2D eigenvalue weighted by Gasteiger charge is -2.26. The predicted molar refractivity (Wildman–Crippen MR) is 91.3 cm³/mol. The zero-order valence-electron chi connectivity index (χ0n) is 14.4. The van der Waals surface area contributed by atoms with E-state index in [2.05, 4.69) is 27.7 Å². The number of hydrogen-bond acceptors (Lipinski definition) is 6. The highest BCUT2D eigenvalue weighted by Crippen LogP contribution is 2.38. The molecular weight excluding hydrogens is 320 g/mol. The van der Waals surface area contributed by atoms with Crippen molar-refractivity contribution in [3.63, 3.8) is 0 Å². The van der Waals surface area contributed by atoms with Crippen LogP contribution in [0.2, 0.25) is 0 Å². The predicted octanol–water partition coefficient (Wildman–Crippen LogP) is 2.91. The highest BCUT2D eigenvalue weighted by Gasteiger charge is 2.29. The number of ether oxygens (including phenoxy) is 1. The quantitative estimate of drug-likeness (QED) is 0.839. The summed E-state index contributed by atoms with van der Waals surface area (Å²) in [6.45, 7) is 4.52. The standard InChI is InChI=1S/C18H22N4O3/c1-3-14-18(23)20-13-7-6-12(8-15(13)24-14)10(2)19-9-16-21-17(22-25-16)11-4-5-11/h6-8,10-11,14,19H,3-5,9H2,1-2H3,(H,20,23)/t10-,14-/m0/s1. The van der Waals surface area contributed by atoms with Crippen molar-refractivity contribution in [2.24, 2.45) is 0 Å². The number of carbonyl (C=O) groups excluding carboxylic acids is 1. The Morgan fingerprint density at radius 1 is 1.40 bits per heavy atom. The smallest absolute Gasteiger partial charge is 0.265 e. The first-order chi connectivity index (χ1) is 12.1. The summed E-state index contributed by atoms with van der Waals surface area (Å²) in [6, 6.07) is 5.92. The van der Waals surface area contributed by atoms with E-state index in [1.807, 2.05) is 25.1 Å². The van der Waals surface area contributed by atoms with Crippen molar-refractivity contribution in [1.82, 2.24) is 15.5 Å². The van der Waals surface area contributed by atoms with E-state index in [1.165, 1.54) is 0 Å². The summed E-state index contributed by atoms with van der Waals surface area (Å²) >= 11 is 0. The van der Waals surface area contributed by atoms with Crippen molar-refractivity contribution < 1.29 is 14.1 Å². The Hall–Kier alpha value is -2.41. The summed E-state index contributed by atoms with van der Waals surface area (Å²) in [4.78, 5) is 16.3. The molecule has 1 aromatic carbocycles. The molecular formula is C18H22N4O3. The average Bonchev–Trinajstić information content (AvgIpc) is 3.37. The maximum absolute atomic E-state index is 11.8. The number of amides is 1. The molecule has 0 saturated heterocycles. The molecule has 2 heterocycles. The minimum Gasteiger partial charge on any atom is -0.478 e. The average molecular weight is 342 g/mol. The van der Waals surface area contributed by atoms with Crippen LogP contribution in [0.1, 0.15) is 62.3 Å². The molecule has 0 spiro atoms. The van der Waals surface area contributed by atoms with E-state index in [-0.39, 0.29) is 11.9 Å². The molecule has 0 radical (unpaired) electrons. The first kappa shape index (κ1) is 16.1. The van der Waals surface area contributed by atoms with Crippen LogP contribution in [0.25, 0.3) is 0 Å². The van der Waals surface area contributed by atoms with Gasteiger partial charge in [0.05, 0.1) is 12.2 Å². The van der Waals surface area contributed by atoms with Gasteiger partial charge in [-0.15, -0.1) is 0 Å². The second-order valence-electron chi connectivity index (χ2n) is 6.68. The number of aromatic nitrogens is 2. The molecule has 2 atom stereocenters. The number of hydrogen-bond donors (Lipinski definition) is 2. The number of carbonyl (C=O) groups is 1. The van der Waals surface area contributed by atoms with E-state index in [9.17, 15) is 4.79 Å². The summed E-state index contributed by atoms with van der Waals surface area (Å²) in [6.07, 6.45) is 2.54. The van der Waals surface area contributed by atoms with Crippen molar-refractivity contribution in [3.05, 3.63) is 35.5 Å². The maximum Gasteiger partial charge on any atom is 0.265 e. The van der Waals surface area contributed by atoms with Crippen LogP contribution in [-0.4, -0.2) is 22.2 Å². The van der Waals surface area contributed by atoms with Crippen molar-refractivity contribution >= 4 is 11.6 Å². The molecule has 1 aliphatic heterocycles. The Bertz CT molecular complexity index is 784. The molecule has 1 aliphatic carbocycles. The minimum absolute atomic E-state index is 0.0860. The molecule has 1 fully saturated rings. The topological polar surface area (TPSA) is 89.3 Å². The van der Waals surface area contributed by atoms with Crippen molar-refractivity contribution in [2.45, 2.75) is 57.7 Å². The molecule has 2 aromatic rings. The maximum atomic E-state index is 11.8. The molecule has 7 heteroatoms. The van der Waals surface area contributed by atoms with Gasteiger partial charge < -0.3 is 19.9 Å². The van der Waals surface area contributed by atoms with E-state index < -0.39 is 6.10 Å². The Kier molecular flexibility index (Phi) is 4.17. The zero-order valence-corrected chi connectivity index (χ0v) is 14.4. The number of benzene rings is 1. The second kappa shape index (κ2) is 6.48. The van der Waals surface area contributed by atoms with Crippen LogP contribution in [-0.2, 0) is 11.3 Å². The first-order valence-corrected chi connectivity index (χ1v) is 8.81. The number of nitrogens with one attached hydrogen (secondary N) is 2. The Morgan fingerprint density at radius 3 is 3.00 bits per heavy atom.